The summed E-state index contributed by atoms with van der Waals surface area (Å²) in [6, 6.07) is 7.46. The molecule has 0 atom stereocenters. The second kappa shape index (κ2) is 6.95. The van der Waals surface area contributed by atoms with Gasteiger partial charge in [0.15, 0.2) is 0 Å². The van der Waals surface area contributed by atoms with Gasteiger partial charge in [0.1, 0.15) is 12.4 Å². The molecule has 0 radical (unpaired) electrons. The average molecular weight is 261 g/mol. The first-order chi connectivity index (χ1) is 9.24. The van der Waals surface area contributed by atoms with Crippen molar-refractivity contribution in [3.8, 4) is 5.75 Å². The molecule has 0 aliphatic carbocycles. The molecule has 1 N–H and O–H groups in total. The quantitative estimate of drug-likeness (QED) is 0.798. The minimum atomic E-state index is -0.944. The molecule has 4 nitrogen and oxygen atoms in total. The third-order valence-electron chi connectivity index (χ3n) is 3.15. The van der Waals surface area contributed by atoms with E-state index < -0.39 is 5.97 Å². The molecule has 0 saturated carbocycles. The summed E-state index contributed by atoms with van der Waals surface area (Å²) in [7, 11) is 0. The molecule has 1 aliphatic heterocycles. The van der Waals surface area contributed by atoms with E-state index in [0.717, 1.165) is 23.9 Å². The van der Waals surface area contributed by atoms with Gasteiger partial charge in [0.25, 0.3) is 0 Å². The largest absolute Gasteiger partial charge is 0.492 e. The van der Waals surface area contributed by atoms with Crippen LogP contribution in [0, 0.1) is 0 Å². The molecule has 2 rings (SSSR count). The van der Waals surface area contributed by atoms with Gasteiger partial charge in [0.2, 0.25) is 0 Å². The summed E-state index contributed by atoms with van der Waals surface area (Å²) in [5.74, 6) is -0.160. The fraction of sp³-hybridized carbons (Fsp3) is 0.400. The number of ether oxygens (including phenoxy) is 1. The zero-order chi connectivity index (χ0) is 13.5. The summed E-state index contributed by atoms with van der Waals surface area (Å²) >= 11 is 0. The lowest BCUT2D eigenvalue weighted by molar-refractivity contribution is -0.131. The van der Waals surface area contributed by atoms with Crippen LogP contribution in [0.5, 0.6) is 5.75 Å². The summed E-state index contributed by atoms with van der Waals surface area (Å²) < 4.78 is 5.69. The zero-order valence-corrected chi connectivity index (χ0v) is 10.9. The molecular weight excluding hydrogens is 242 g/mol. The monoisotopic (exact) mass is 261 g/mol. The van der Waals surface area contributed by atoms with Crippen molar-refractivity contribution in [2.45, 2.75) is 12.8 Å². The number of hydrogen-bond acceptors (Lipinski definition) is 3. The van der Waals surface area contributed by atoms with Crippen LogP contribution in [0.4, 0.5) is 0 Å². The third-order valence-corrected chi connectivity index (χ3v) is 3.15. The second-order valence-electron chi connectivity index (χ2n) is 4.64. The van der Waals surface area contributed by atoms with E-state index >= 15 is 0 Å². The minimum Gasteiger partial charge on any atom is -0.492 e. The third kappa shape index (κ3) is 4.75. The maximum atomic E-state index is 10.5. The van der Waals surface area contributed by atoms with E-state index in [9.17, 15) is 4.79 Å². The van der Waals surface area contributed by atoms with Crippen molar-refractivity contribution in [3.63, 3.8) is 0 Å². The smallest absolute Gasteiger partial charge is 0.328 e. The Labute approximate surface area is 113 Å². The van der Waals surface area contributed by atoms with Gasteiger partial charge in [-0.1, -0.05) is 12.1 Å². The van der Waals surface area contributed by atoms with Crippen LogP contribution in [-0.2, 0) is 4.79 Å². The van der Waals surface area contributed by atoms with E-state index in [-0.39, 0.29) is 0 Å². The average Bonchev–Trinajstić information content (AvgIpc) is 2.90. The predicted molar refractivity (Wildman–Crippen MR) is 74.3 cm³/mol. The Hall–Kier alpha value is -1.81. The molecule has 0 aromatic heterocycles. The molecule has 1 heterocycles. The lowest BCUT2D eigenvalue weighted by Gasteiger charge is -2.15. The second-order valence-corrected chi connectivity index (χ2v) is 4.64. The molecule has 1 aromatic rings. The number of aliphatic carboxylic acids is 1. The van der Waals surface area contributed by atoms with Crippen molar-refractivity contribution < 1.29 is 14.6 Å². The molecule has 0 unspecified atom stereocenters. The summed E-state index contributed by atoms with van der Waals surface area (Å²) in [5, 5.41) is 8.58. The summed E-state index contributed by atoms with van der Waals surface area (Å²) in [5.41, 5.74) is 0.834. The minimum absolute atomic E-state index is 0.673. The van der Waals surface area contributed by atoms with Crippen LogP contribution in [-0.4, -0.2) is 42.2 Å². The molecule has 0 bridgehead atoms. The van der Waals surface area contributed by atoms with Gasteiger partial charge in [-0.25, -0.2) is 4.79 Å². The molecule has 1 aliphatic rings. The predicted octanol–water partition coefficient (Wildman–Crippen LogP) is 2.26. The Kier molecular flexibility index (Phi) is 4.98. The van der Waals surface area contributed by atoms with Crippen LogP contribution < -0.4 is 4.74 Å². The molecule has 4 heteroatoms. The van der Waals surface area contributed by atoms with Crippen molar-refractivity contribution in [1.29, 1.82) is 0 Å². The standard InChI is InChI=1S/C15H19NO3/c17-15(18)7-6-13-4-3-5-14(12-13)19-11-10-16-8-1-2-9-16/h3-7,12H,1-2,8-11H2,(H,17,18). The fourth-order valence-corrected chi connectivity index (χ4v) is 2.17. The van der Waals surface area contributed by atoms with E-state index in [2.05, 4.69) is 4.90 Å². The highest BCUT2D eigenvalue weighted by atomic mass is 16.5. The molecular formula is C15H19NO3. The number of carboxylic acid groups (broad SMARTS) is 1. The lowest BCUT2D eigenvalue weighted by atomic mass is 10.2. The Morgan fingerprint density at radius 2 is 2.16 bits per heavy atom. The van der Waals surface area contributed by atoms with Crippen molar-refractivity contribution >= 4 is 12.0 Å². The van der Waals surface area contributed by atoms with Gasteiger partial charge in [-0.05, 0) is 49.7 Å². The van der Waals surface area contributed by atoms with E-state index in [0.29, 0.717) is 6.61 Å². The van der Waals surface area contributed by atoms with Gasteiger partial charge in [0, 0.05) is 12.6 Å². The first kappa shape index (κ1) is 13.6. The number of carbonyl (C=O) groups is 1. The van der Waals surface area contributed by atoms with Gasteiger partial charge >= 0.3 is 5.97 Å². The highest BCUT2D eigenvalue weighted by Crippen LogP contribution is 2.15. The van der Waals surface area contributed by atoms with E-state index in [1.165, 1.54) is 25.9 Å². The molecule has 0 spiro atoms. The fourth-order valence-electron chi connectivity index (χ4n) is 2.17. The van der Waals surface area contributed by atoms with Gasteiger partial charge in [0.05, 0.1) is 0 Å². The van der Waals surface area contributed by atoms with Crippen molar-refractivity contribution in [2.24, 2.45) is 0 Å². The van der Waals surface area contributed by atoms with Crippen LogP contribution in [0.3, 0.4) is 0 Å². The van der Waals surface area contributed by atoms with Crippen LogP contribution in [0.2, 0.25) is 0 Å². The van der Waals surface area contributed by atoms with E-state index in [4.69, 9.17) is 9.84 Å². The summed E-state index contributed by atoms with van der Waals surface area (Å²) in [6.45, 7) is 3.97. The molecule has 1 fully saturated rings. The Balaban J connectivity index is 1.82. The normalized spacial score (nSPS) is 16.0. The molecule has 19 heavy (non-hydrogen) atoms. The topological polar surface area (TPSA) is 49.8 Å². The van der Waals surface area contributed by atoms with Crippen LogP contribution in [0.1, 0.15) is 18.4 Å². The number of rotatable bonds is 6. The number of hydrogen-bond donors (Lipinski definition) is 1. The first-order valence-electron chi connectivity index (χ1n) is 6.60. The number of likely N-dealkylation sites (tertiary alicyclic amines) is 1. The van der Waals surface area contributed by atoms with Crippen molar-refractivity contribution in [2.75, 3.05) is 26.2 Å². The zero-order valence-electron chi connectivity index (χ0n) is 10.9. The summed E-state index contributed by atoms with van der Waals surface area (Å²) in [4.78, 5) is 12.9. The molecule has 1 saturated heterocycles. The maximum Gasteiger partial charge on any atom is 0.328 e. The van der Waals surface area contributed by atoms with Crippen LogP contribution in [0.15, 0.2) is 30.3 Å². The Morgan fingerprint density at radius 1 is 1.37 bits per heavy atom. The van der Waals surface area contributed by atoms with Crippen LogP contribution >= 0.6 is 0 Å². The first-order valence-corrected chi connectivity index (χ1v) is 6.60. The summed E-state index contributed by atoms with van der Waals surface area (Å²) in [6.07, 6.45) is 5.27. The van der Waals surface area contributed by atoms with Crippen molar-refractivity contribution in [3.05, 3.63) is 35.9 Å². The lowest BCUT2D eigenvalue weighted by Crippen LogP contribution is -2.25. The van der Waals surface area contributed by atoms with Crippen LogP contribution in [0.25, 0.3) is 6.08 Å². The van der Waals surface area contributed by atoms with Gasteiger partial charge in [-0.15, -0.1) is 0 Å². The maximum absolute atomic E-state index is 10.5. The highest BCUT2D eigenvalue weighted by molar-refractivity contribution is 5.85. The van der Waals surface area contributed by atoms with Crippen molar-refractivity contribution in [1.82, 2.24) is 4.90 Å². The number of nitrogens with zero attached hydrogens (tertiary/aromatic N) is 1. The van der Waals surface area contributed by atoms with Gasteiger partial charge < -0.3 is 9.84 Å². The van der Waals surface area contributed by atoms with Gasteiger partial charge in [-0.3, -0.25) is 4.90 Å². The Bertz CT molecular complexity index is 450. The molecule has 102 valence electrons. The van der Waals surface area contributed by atoms with Gasteiger partial charge in [-0.2, -0.15) is 0 Å². The molecule has 0 amide bonds. The molecule has 1 aromatic carbocycles. The van der Waals surface area contributed by atoms with E-state index in [1.807, 2.05) is 24.3 Å². The number of benzene rings is 1. The Morgan fingerprint density at radius 3 is 2.89 bits per heavy atom. The van der Waals surface area contributed by atoms with E-state index in [1.54, 1.807) is 6.08 Å². The number of carboxylic acids is 1. The SMILES string of the molecule is O=C(O)C=Cc1cccc(OCCN2CCCC2)c1. The highest BCUT2D eigenvalue weighted by Gasteiger charge is 2.10.